The number of likely N-dealkylation sites (N-methyl/N-ethyl adjacent to an activating group) is 1. The average Bonchev–Trinajstić information content (AvgIpc) is 3.28. The fourth-order valence-corrected chi connectivity index (χ4v) is 3.43. The molecule has 0 unspecified atom stereocenters. The van der Waals surface area contributed by atoms with Crippen LogP contribution in [0.2, 0.25) is 0 Å². The van der Waals surface area contributed by atoms with Gasteiger partial charge in [-0.3, -0.25) is 4.79 Å². The molecule has 11 heteroatoms. The molecule has 3 rings (SSSR count). The summed E-state index contributed by atoms with van der Waals surface area (Å²) < 4.78 is 14.5. The van der Waals surface area contributed by atoms with Crippen molar-refractivity contribution in [1.29, 1.82) is 0 Å². The lowest BCUT2D eigenvalue weighted by molar-refractivity contribution is -0.159. The topological polar surface area (TPSA) is 133 Å². The average molecular weight is 412 g/mol. The number of likely N-dealkylation sites (tertiary alicyclic amines) is 1. The smallest absolute Gasteiger partial charge is 0.414 e. The Balaban J connectivity index is 0.000000409. The molecule has 10 nitrogen and oxygen atoms in total. The first-order valence-corrected chi connectivity index (χ1v) is 9.68. The molecule has 0 atom stereocenters. The van der Waals surface area contributed by atoms with E-state index in [1.165, 1.54) is 17.3 Å². The van der Waals surface area contributed by atoms with Crippen molar-refractivity contribution in [2.75, 3.05) is 39.8 Å². The minimum Gasteiger partial charge on any atom is -0.475 e. The van der Waals surface area contributed by atoms with Crippen LogP contribution >= 0.6 is 11.7 Å². The second-order valence-electron chi connectivity index (χ2n) is 6.47. The van der Waals surface area contributed by atoms with Gasteiger partial charge in [0, 0.05) is 32.6 Å². The van der Waals surface area contributed by atoms with E-state index in [1.54, 1.807) is 0 Å². The van der Waals surface area contributed by atoms with Crippen molar-refractivity contribution in [3.05, 3.63) is 11.8 Å². The first kappa shape index (κ1) is 21.8. The summed E-state index contributed by atoms with van der Waals surface area (Å²) in [5.41, 5.74) is 2.08. The molecule has 2 aliphatic rings. The van der Waals surface area contributed by atoms with E-state index < -0.39 is 11.9 Å². The number of carboxylic acid groups (broad SMARTS) is 2. The van der Waals surface area contributed by atoms with E-state index in [0.717, 1.165) is 51.1 Å². The molecule has 0 saturated carbocycles. The van der Waals surface area contributed by atoms with Crippen LogP contribution in [0.4, 0.5) is 0 Å². The monoisotopic (exact) mass is 412 g/mol. The molecule has 1 fully saturated rings. The van der Waals surface area contributed by atoms with Crippen LogP contribution in [0.5, 0.6) is 5.88 Å². The van der Waals surface area contributed by atoms with Crippen molar-refractivity contribution in [3.8, 4) is 5.88 Å². The van der Waals surface area contributed by atoms with Gasteiger partial charge in [-0.15, -0.1) is 4.37 Å². The van der Waals surface area contributed by atoms with E-state index in [-0.39, 0.29) is 5.91 Å². The van der Waals surface area contributed by atoms with Gasteiger partial charge >= 0.3 is 11.9 Å². The van der Waals surface area contributed by atoms with Gasteiger partial charge in [-0.2, -0.15) is 4.37 Å². The molecule has 0 aliphatic carbocycles. The Kier molecular flexibility index (Phi) is 8.33. The molecule has 0 spiro atoms. The second-order valence-corrected chi connectivity index (χ2v) is 7.00. The van der Waals surface area contributed by atoms with Crippen molar-refractivity contribution in [3.63, 3.8) is 0 Å². The summed E-state index contributed by atoms with van der Waals surface area (Å²) in [5.74, 6) is -2.74. The Morgan fingerprint density at radius 1 is 1.25 bits per heavy atom. The number of carbonyl (C=O) groups excluding carboxylic acids is 1. The van der Waals surface area contributed by atoms with Gasteiger partial charge in [-0.05, 0) is 31.9 Å². The molecule has 2 aliphatic heterocycles. The normalized spacial score (nSPS) is 17.0. The van der Waals surface area contributed by atoms with Crippen LogP contribution in [0.25, 0.3) is 5.57 Å². The fraction of sp³-hybridized carbons (Fsp3) is 0.588. The summed E-state index contributed by atoms with van der Waals surface area (Å²) in [7, 11) is 2.11. The van der Waals surface area contributed by atoms with E-state index in [1.807, 2.05) is 4.90 Å². The van der Waals surface area contributed by atoms with E-state index in [9.17, 15) is 4.79 Å². The zero-order valence-electron chi connectivity index (χ0n) is 15.7. The second kappa shape index (κ2) is 10.7. The molecule has 1 amide bonds. The summed E-state index contributed by atoms with van der Waals surface area (Å²) in [6.07, 6.45) is 5.79. The number of hydrogen-bond donors (Lipinski definition) is 2. The van der Waals surface area contributed by atoms with Gasteiger partial charge in [0.15, 0.2) is 0 Å². The lowest BCUT2D eigenvalue weighted by Gasteiger charge is -2.22. The molecule has 0 aromatic carbocycles. The Hall–Kier alpha value is -2.53. The highest BCUT2D eigenvalue weighted by Crippen LogP contribution is 2.27. The van der Waals surface area contributed by atoms with Gasteiger partial charge in [-0.25, -0.2) is 9.59 Å². The highest BCUT2D eigenvalue weighted by molar-refractivity contribution is 6.99. The third kappa shape index (κ3) is 6.57. The lowest BCUT2D eigenvalue weighted by atomic mass is 10.1. The maximum absolute atomic E-state index is 11.5. The van der Waals surface area contributed by atoms with Gasteiger partial charge in [0.05, 0.1) is 18.3 Å². The number of amides is 1. The number of hydrogen-bond acceptors (Lipinski definition) is 8. The molecule has 0 radical (unpaired) electrons. The Morgan fingerprint density at radius 2 is 2.00 bits per heavy atom. The first-order valence-electron chi connectivity index (χ1n) is 8.95. The van der Waals surface area contributed by atoms with Crippen molar-refractivity contribution < 1.29 is 29.3 Å². The van der Waals surface area contributed by atoms with Gasteiger partial charge < -0.3 is 24.7 Å². The number of aliphatic carboxylic acids is 2. The molecule has 0 bridgehead atoms. The van der Waals surface area contributed by atoms with Crippen LogP contribution in [0.15, 0.2) is 6.08 Å². The Bertz CT molecular complexity index is 723. The molecule has 1 aromatic heterocycles. The summed E-state index contributed by atoms with van der Waals surface area (Å²) in [6.45, 7) is 4.22. The number of carboxylic acids is 2. The van der Waals surface area contributed by atoms with Crippen LogP contribution in [0.1, 0.15) is 31.4 Å². The molecule has 1 saturated heterocycles. The molecule has 3 heterocycles. The van der Waals surface area contributed by atoms with Crippen LogP contribution in [-0.4, -0.2) is 86.4 Å². The van der Waals surface area contributed by atoms with Crippen LogP contribution in [0.3, 0.4) is 0 Å². The van der Waals surface area contributed by atoms with Crippen LogP contribution < -0.4 is 4.74 Å². The summed E-state index contributed by atoms with van der Waals surface area (Å²) in [4.78, 5) is 33.9. The van der Waals surface area contributed by atoms with Crippen LogP contribution in [0, 0.1) is 0 Å². The predicted octanol–water partition coefficient (Wildman–Crippen LogP) is 0.804. The Morgan fingerprint density at radius 3 is 2.61 bits per heavy atom. The van der Waals surface area contributed by atoms with E-state index in [4.69, 9.17) is 24.5 Å². The highest BCUT2D eigenvalue weighted by Gasteiger charge is 2.20. The summed E-state index contributed by atoms with van der Waals surface area (Å²) in [6, 6.07) is 0. The quantitative estimate of drug-likeness (QED) is 0.514. The van der Waals surface area contributed by atoms with Crippen molar-refractivity contribution in [2.24, 2.45) is 0 Å². The predicted molar refractivity (Wildman–Crippen MR) is 101 cm³/mol. The summed E-state index contributed by atoms with van der Waals surface area (Å²) in [5, 5.41) is 14.8. The van der Waals surface area contributed by atoms with Gasteiger partial charge in [0.25, 0.3) is 5.88 Å². The van der Waals surface area contributed by atoms with Gasteiger partial charge in [0.2, 0.25) is 5.91 Å². The fourth-order valence-electron chi connectivity index (χ4n) is 2.90. The van der Waals surface area contributed by atoms with Gasteiger partial charge in [0.1, 0.15) is 5.69 Å². The minimum atomic E-state index is -1.82. The zero-order valence-corrected chi connectivity index (χ0v) is 16.5. The largest absolute Gasteiger partial charge is 0.475 e. The number of ether oxygens (including phenoxy) is 1. The first-order chi connectivity index (χ1) is 13.4. The number of nitrogens with zero attached hydrogens (tertiary/aromatic N) is 4. The number of rotatable bonds is 6. The van der Waals surface area contributed by atoms with E-state index >= 15 is 0 Å². The van der Waals surface area contributed by atoms with Crippen molar-refractivity contribution >= 4 is 35.1 Å². The molecule has 28 heavy (non-hydrogen) atoms. The lowest BCUT2D eigenvalue weighted by Crippen LogP contribution is -2.27. The van der Waals surface area contributed by atoms with Gasteiger partial charge in [-0.1, -0.05) is 6.08 Å². The van der Waals surface area contributed by atoms with Crippen LogP contribution in [-0.2, 0) is 14.4 Å². The Labute approximate surface area is 166 Å². The number of carbonyl (C=O) groups is 3. The highest BCUT2D eigenvalue weighted by atomic mass is 32.1. The third-order valence-corrected chi connectivity index (χ3v) is 4.78. The molecule has 154 valence electrons. The van der Waals surface area contributed by atoms with E-state index in [0.29, 0.717) is 18.9 Å². The van der Waals surface area contributed by atoms with Crippen molar-refractivity contribution in [2.45, 2.75) is 25.7 Å². The number of aromatic nitrogens is 2. The maximum atomic E-state index is 11.5. The SMILES string of the molecule is CN1CCC=C(c2nsnc2OCCCN2CCCC2=O)C1.O=C(O)C(=O)O. The molecule has 1 aromatic rings. The standard InChI is InChI=1S/C15H22N4O2S.C2H2O4/c1-18-7-2-5-12(11-18)14-15(17-22-16-14)21-10-4-9-19-8-3-6-13(19)20;3-1(4)2(5)6/h5H,2-4,6-11H2,1H3;(H,3,4)(H,5,6). The zero-order chi connectivity index (χ0) is 20.5. The maximum Gasteiger partial charge on any atom is 0.414 e. The molecular weight excluding hydrogens is 388 g/mol. The minimum absolute atomic E-state index is 0.270. The molecule has 2 N–H and O–H groups in total. The van der Waals surface area contributed by atoms with Crippen molar-refractivity contribution in [1.82, 2.24) is 18.5 Å². The third-order valence-electron chi connectivity index (χ3n) is 4.27. The van der Waals surface area contributed by atoms with E-state index in [2.05, 4.69) is 26.8 Å². The summed E-state index contributed by atoms with van der Waals surface area (Å²) >= 11 is 1.20. The molecular formula is C17H24N4O6S.